The van der Waals surface area contributed by atoms with Crippen LogP contribution in [0.4, 0.5) is 0 Å². The van der Waals surface area contributed by atoms with E-state index in [1.807, 2.05) is 13.0 Å². The molecule has 1 fully saturated rings. The molecule has 0 radical (unpaired) electrons. The number of rotatable bonds is 6. The summed E-state index contributed by atoms with van der Waals surface area (Å²) >= 11 is 3.54. The van der Waals surface area contributed by atoms with Crippen molar-refractivity contribution in [2.24, 2.45) is 0 Å². The van der Waals surface area contributed by atoms with Crippen molar-refractivity contribution in [1.29, 1.82) is 5.26 Å². The molecule has 0 atom stereocenters. The highest BCUT2D eigenvalue weighted by Gasteiger charge is 2.33. The van der Waals surface area contributed by atoms with Gasteiger partial charge in [0.1, 0.15) is 11.8 Å². The fraction of sp³-hybridized carbons (Fsp3) is 0.706. The van der Waals surface area contributed by atoms with Crippen LogP contribution in [0.1, 0.15) is 49.9 Å². The highest BCUT2D eigenvalue weighted by Crippen LogP contribution is 2.34. The molecule has 4 nitrogen and oxygen atoms in total. The molecule has 0 aromatic carbocycles. The van der Waals surface area contributed by atoms with Crippen LogP contribution in [-0.2, 0) is 16.0 Å². The lowest BCUT2D eigenvalue weighted by Gasteiger charge is -2.34. The van der Waals surface area contributed by atoms with E-state index in [0.717, 1.165) is 29.6 Å². The minimum absolute atomic E-state index is 0.177. The molecule has 1 aliphatic carbocycles. The number of hydrogen-bond donors (Lipinski definition) is 0. The van der Waals surface area contributed by atoms with Crippen molar-refractivity contribution in [2.75, 3.05) is 20.3 Å². The van der Waals surface area contributed by atoms with Gasteiger partial charge >= 0.3 is 0 Å². The molecule has 5 heteroatoms. The molecule has 0 aliphatic heterocycles. The Morgan fingerprint density at radius 1 is 1.27 bits per heavy atom. The second-order valence-corrected chi connectivity index (χ2v) is 6.95. The first-order valence-electron chi connectivity index (χ1n) is 8.00. The number of methoxy groups -OCH3 is 1. The topological polar surface area (TPSA) is 47.2 Å². The molecule has 0 N–H and O–H groups in total. The van der Waals surface area contributed by atoms with Gasteiger partial charge in [-0.25, -0.2) is 0 Å². The van der Waals surface area contributed by atoms with E-state index in [4.69, 9.17) is 9.47 Å². The van der Waals surface area contributed by atoms with E-state index in [1.165, 1.54) is 25.7 Å². The maximum Gasteiger partial charge on any atom is 0.121 e. The van der Waals surface area contributed by atoms with E-state index in [-0.39, 0.29) is 5.60 Å². The minimum atomic E-state index is -0.177. The molecule has 0 bridgehead atoms. The molecule has 2 rings (SSSR count). The van der Waals surface area contributed by atoms with Crippen molar-refractivity contribution in [3.8, 4) is 6.07 Å². The molecule has 0 saturated heterocycles. The molecule has 22 heavy (non-hydrogen) atoms. The first-order chi connectivity index (χ1) is 10.6. The van der Waals surface area contributed by atoms with Crippen LogP contribution in [0.25, 0.3) is 0 Å². The van der Waals surface area contributed by atoms with Crippen LogP contribution in [0.5, 0.6) is 0 Å². The van der Waals surface area contributed by atoms with Crippen LogP contribution in [0.15, 0.2) is 10.5 Å². The van der Waals surface area contributed by atoms with Crippen LogP contribution in [0.2, 0.25) is 0 Å². The molecule has 0 unspecified atom stereocenters. The van der Waals surface area contributed by atoms with Gasteiger partial charge in [-0.15, -0.1) is 0 Å². The third kappa shape index (κ3) is 4.13. The zero-order valence-electron chi connectivity index (χ0n) is 13.5. The lowest BCUT2D eigenvalue weighted by molar-refractivity contribution is -0.0825. The predicted molar refractivity (Wildman–Crippen MR) is 89.8 cm³/mol. The summed E-state index contributed by atoms with van der Waals surface area (Å²) in [6.45, 7) is 4.02. The van der Waals surface area contributed by atoms with Gasteiger partial charge in [-0.05, 0) is 41.8 Å². The van der Waals surface area contributed by atoms with Crippen LogP contribution in [-0.4, -0.2) is 30.5 Å². The average Bonchev–Trinajstić information content (AvgIpc) is 2.70. The molecule has 1 aromatic rings. The third-order valence-corrected chi connectivity index (χ3v) is 5.38. The molecule has 0 amide bonds. The summed E-state index contributed by atoms with van der Waals surface area (Å²) in [4.78, 5) is 0. The van der Waals surface area contributed by atoms with Crippen LogP contribution in [0.3, 0.4) is 0 Å². The zero-order chi connectivity index (χ0) is 16.0. The van der Waals surface area contributed by atoms with Crippen LogP contribution in [0, 0.1) is 18.3 Å². The first kappa shape index (κ1) is 17.5. The Labute approximate surface area is 141 Å². The molecule has 1 aliphatic rings. The Bertz CT molecular complexity index is 525. The summed E-state index contributed by atoms with van der Waals surface area (Å²) in [5.74, 6) is 0. The van der Waals surface area contributed by atoms with Gasteiger partial charge in [-0.3, -0.25) is 0 Å². The van der Waals surface area contributed by atoms with Crippen molar-refractivity contribution in [3.05, 3.63) is 21.9 Å². The van der Waals surface area contributed by atoms with Gasteiger partial charge in [0.25, 0.3) is 0 Å². The Morgan fingerprint density at radius 2 is 1.95 bits per heavy atom. The van der Waals surface area contributed by atoms with E-state index in [0.29, 0.717) is 18.9 Å². The second kappa shape index (κ2) is 8.14. The van der Waals surface area contributed by atoms with Crippen LogP contribution < -0.4 is 0 Å². The van der Waals surface area contributed by atoms with E-state index >= 15 is 0 Å². The Kier molecular flexibility index (Phi) is 6.49. The van der Waals surface area contributed by atoms with E-state index in [1.54, 1.807) is 7.11 Å². The number of ether oxygens (including phenoxy) is 2. The Morgan fingerprint density at radius 3 is 2.55 bits per heavy atom. The summed E-state index contributed by atoms with van der Waals surface area (Å²) in [6.07, 6.45) is 7.03. The molecule has 1 saturated carbocycles. The SMILES string of the molecule is COCCOC1(Cn2c(C#N)cc(Br)c2C)CCCCCC1. The largest absolute Gasteiger partial charge is 0.382 e. The molecular weight excluding hydrogens is 344 g/mol. The molecular formula is C17H25BrN2O2. The summed E-state index contributed by atoms with van der Waals surface area (Å²) in [5.41, 5.74) is 1.61. The number of nitriles is 1. The fourth-order valence-electron chi connectivity index (χ4n) is 3.26. The molecule has 0 spiro atoms. The van der Waals surface area contributed by atoms with Gasteiger partial charge in [-0.1, -0.05) is 25.7 Å². The average molecular weight is 369 g/mol. The normalized spacial score (nSPS) is 17.9. The van der Waals surface area contributed by atoms with Gasteiger partial charge < -0.3 is 14.0 Å². The zero-order valence-corrected chi connectivity index (χ0v) is 15.1. The number of aromatic nitrogens is 1. The van der Waals surface area contributed by atoms with Gasteiger partial charge in [0.2, 0.25) is 0 Å². The lowest BCUT2D eigenvalue weighted by Crippen LogP contribution is -2.38. The van der Waals surface area contributed by atoms with Crippen molar-refractivity contribution >= 4 is 15.9 Å². The quantitative estimate of drug-likeness (QED) is 0.558. The Hall–Kier alpha value is -0.830. The summed E-state index contributed by atoms with van der Waals surface area (Å²) in [5, 5.41) is 9.39. The van der Waals surface area contributed by atoms with Crippen molar-refractivity contribution in [1.82, 2.24) is 4.57 Å². The van der Waals surface area contributed by atoms with Gasteiger partial charge in [-0.2, -0.15) is 5.26 Å². The maximum absolute atomic E-state index is 9.39. The van der Waals surface area contributed by atoms with Crippen molar-refractivity contribution in [2.45, 2.75) is 57.6 Å². The van der Waals surface area contributed by atoms with Crippen LogP contribution >= 0.6 is 15.9 Å². The lowest BCUT2D eigenvalue weighted by atomic mass is 9.93. The minimum Gasteiger partial charge on any atom is -0.382 e. The van der Waals surface area contributed by atoms with Gasteiger partial charge in [0.05, 0.1) is 25.4 Å². The highest BCUT2D eigenvalue weighted by molar-refractivity contribution is 9.10. The van der Waals surface area contributed by atoms with Gasteiger partial charge in [0.15, 0.2) is 0 Å². The molecule has 1 aromatic heterocycles. The van der Waals surface area contributed by atoms with E-state index < -0.39 is 0 Å². The Balaban J connectivity index is 2.24. The smallest absolute Gasteiger partial charge is 0.121 e. The number of halogens is 1. The second-order valence-electron chi connectivity index (χ2n) is 6.10. The summed E-state index contributed by atoms with van der Waals surface area (Å²) in [7, 11) is 1.70. The third-order valence-electron chi connectivity index (χ3n) is 4.58. The first-order valence-corrected chi connectivity index (χ1v) is 8.80. The highest BCUT2D eigenvalue weighted by atomic mass is 79.9. The predicted octanol–water partition coefficient (Wildman–Crippen LogP) is 4.19. The van der Waals surface area contributed by atoms with Crippen molar-refractivity contribution in [3.63, 3.8) is 0 Å². The number of nitrogens with zero attached hydrogens (tertiary/aromatic N) is 2. The number of hydrogen-bond acceptors (Lipinski definition) is 3. The van der Waals surface area contributed by atoms with E-state index in [2.05, 4.69) is 26.6 Å². The summed E-state index contributed by atoms with van der Waals surface area (Å²) < 4.78 is 14.5. The van der Waals surface area contributed by atoms with Gasteiger partial charge in [0, 0.05) is 17.3 Å². The molecule has 122 valence electrons. The fourth-order valence-corrected chi connectivity index (χ4v) is 3.69. The molecule has 1 heterocycles. The standard InChI is InChI=1S/C17H25BrN2O2/c1-14-16(18)11-15(12-19)20(14)13-17(22-10-9-21-2)7-5-3-4-6-8-17/h11H,3-10,13H2,1-2H3. The monoisotopic (exact) mass is 368 g/mol. The van der Waals surface area contributed by atoms with Crippen molar-refractivity contribution < 1.29 is 9.47 Å². The van der Waals surface area contributed by atoms with E-state index in [9.17, 15) is 5.26 Å². The maximum atomic E-state index is 9.39. The summed E-state index contributed by atoms with van der Waals surface area (Å²) in [6, 6.07) is 4.20.